The highest BCUT2D eigenvalue weighted by Crippen LogP contribution is 2.35. The van der Waals surface area contributed by atoms with Crippen LogP contribution in [0.1, 0.15) is 34.8 Å². The highest BCUT2D eigenvalue weighted by molar-refractivity contribution is 7.98. The van der Waals surface area contributed by atoms with Gasteiger partial charge in [0.25, 0.3) is 11.5 Å². The minimum atomic E-state index is -4.54. The number of fused-ring (bicyclic) bond motifs is 4. The number of amides is 2. The van der Waals surface area contributed by atoms with E-state index in [-0.39, 0.29) is 23.3 Å². The quantitative estimate of drug-likeness (QED) is 0.794. The average molecular weight is 417 g/mol. The van der Waals surface area contributed by atoms with Crippen molar-refractivity contribution in [2.24, 2.45) is 5.92 Å². The lowest BCUT2D eigenvalue weighted by atomic mass is 9.83. The van der Waals surface area contributed by atoms with Crippen molar-refractivity contribution in [1.82, 2.24) is 14.8 Å². The van der Waals surface area contributed by atoms with E-state index in [9.17, 15) is 27.6 Å². The number of carbonyl (C=O) groups is 2. The molecule has 1 aromatic heterocycles. The van der Waals surface area contributed by atoms with Crippen LogP contribution in [-0.2, 0) is 11.3 Å². The van der Waals surface area contributed by atoms with Gasteiger partial charge in [-0.2, -0.15) is 24.9 Å². The van der Waals surface area contributed by atoms with Gasteiger partial charge in [0.2, 0.25) is 5.91 Å². The zero-order chi connectivity index (χ0) is 20.5. The Bertz CT molecular complexity index is 825. The molecule has 1 N–H and O–H groups in total. The summed E-state index contributed by atoms with van der Waals surface area (Å²) < 4.78 is 38.4. The van der Waals surface area contributed by atoms with Gasteiger partial charge in [0.1, 0.15) is 12.1 Å². The fourth-order valence-corrected chi connectivity index (χ4v) is 4.32. The second kappa shape index (κ2) is 8.18. The molecule has 1 aromatic rings. The molecular weight excluding hydrogens is 395 g/mol. The SMILES string of the molecule is CSCCC(=O)N1C[C@@H]2C[C@H](C1)c1ccc(C(=O)NCC(F)(F)F)c(=O)n1C2. The Labute approximate surface area is 164 Å². The van der Waals surface area contributed by atoms with Crippen LogP contribution in [0.4, 0.5) is 13.2 Å². The highest BCUT2D eigenvalue weighted by Gasteiger charge is 2.37. The van der Waals surface area contributed by atoms with E-state index >= 15 is 0 Å². The maximum absolute atomic E-state index is 12.7. The number of hydrogen-bond donors (Lipinski definition) is 1. The first kappa shape index (κ1) is 20.8. The van der Waals surface area contributed by atoms with E-state index in [1.165, 1.54) is 10.6 Å². The summed E-state index contributed by atoms with van der Waals surface area (Å²) in [7, 11) is 0. The second-order valence-electron chi connectivity index (χ2n) is 7.23. The van der Waals surface area contributed by atoms with Crippen LogP contribution in [0, 0.1) is 5.92 Å². The number of nitrogens with zero attached hydrogens (tertiary/aromatic N) is 2. The largest absolute Gasteiger partial charge is 0.405 e. The molecule has 2 atom stereocenters. The molecule has 2 aliphatic rings. The number of pyridine rings is 1. The Morgan fingerprint density at radius 1 is 1.25 bits per heavy atom. The Morgan fingerprint density at radius 3 is 2.68 bits per heavy atom. The maximum atomic E-state index is 12.7. The van der Waals surface area contributed by atoms with Crippen LogP contribution >= 0.6 is 11.8 Å². The first-order valence-corrected chi connectivity index (χ1v) is 10.4. The summed E-state index contributed by atoms with van der Waals surface area (Å²) in [5.74, 6) is -0.0801. The van der Waals surface area contributed by atoms with Crippen LogP contribution in [-0.4, -0.2) is 59.1 Å². The van der Waals surface area contributed by atoms with Gasteiger partial charge in [0.05, 0.1) is 0 Å². The highest BCUT2D eigenvalue weighted by atomic mass is 32.2. The number of carbonyl (C=O) groups excluding carboxylic acids is 2. The number of hydrogen-bond acceptors (Lipinski definition) is 4. The summed E-state index contributed by atoms with van der Waals surface area (Å²) >= 11 is 1.61. The number of thioether (sulfide) groups is 1. The predicted octanol–water partition coefficient (Wildman–Crippen LogP) is 1.84. The first-order valence-electron chi connectivity index (χ1n) is 9.05. The summed E-state index contributed by atoms with van der Waals surface area (Å²) in [6.07, 6.45) is -1.26. The Hall–Kier alpha value is -1.97. The van der Waals surface area contributed by atoms with Crippen molar-refractivity contribution < 1.29 is 22.8 Å². The minimum Gasteiger partial charge on any atom is -0.343 e. The molecule has 6 nitrogen and oxygen atoms in total. The van der Waals surface area contributed by atoms with Gasteiger partial charge in [0.15, 0.2) is 0 Å². The molecule has 1 saturated heterocycles. The number of halogens is 3. The molecule has 2 aliphatic heterocycles. The van der Waals surface area contributed by atoms with Crippen molar-refractivity contribution in [2.75, 3.05) is 31.6 Å². The first-order chi connectivity index (χ1) is 13.2. The van der Waals surface area contributed by atoms with Crippen molar-refractivity contribution >= 4 is 23.6 Å². The van der Waals surface area contributed by atoms with Crippen LogP contribution < -0.4 is 10.9 Å². The second-order valence-corrected chi connectivity index (χ2v) is 8.21. The van der Waals surface area contributed by atoms with Crippen LogP contribution in [0.25, 0.3) is 0 Å². The third kappa shape index (κ3) is 4.53. The summed E-state index contributed by atoms with van der Waals surface area (Å²) in [4.78, 5) is 38.9. The third-order valence-corrected chi connectivity index (χ3v) is 5.78. The lowest BCUT2D eigenvalue weighted by molar-refractivity contribution is -0.133. The Morgan fingerprint density at radius 2 is 2.00 bits per heavy atom. The number of nitrogens with one attached hydrogen (secondary N) is 1. The molecule has 0 aromatic carbocycles. The van der Waals surface area contributed by atoms with E-state index in [0.717, 1.165) is 17.9 Å². The normalized spacial score (nSPS) is 21.2. The van der Waals surface area contributed by atoms with Crippen molar-refractivity contribution in [2.45, 2.75) is 31.5 Å². The molecule has 2 amide bonds. The molecule has 2 bridgehead atoms. The maximum Gasteiger partial charge on any atom is 0.405 e. The van der Waals surface area contributed by atoms with E-state index in [0.29, 0.717) is 26.1 Å². The van der Waals surface area contributed by atoms with E-state index < -0.39 is 24.2 Å². The van der Waals surface area contributed by atoms with Crippen LogP contribution in [0.3, 0.4) is 0 Å². The van der Waals surface area contributed by atoms with Crippen molar-refractivity contribution in [3.8, 4) is 0 Å². The zero-order valence-electron chi connectivity index (χ0n) is 15.4. The fraction of sp³-hybridized carbons (Fsp3) is 0.611. The van der Waals surface area contributed by atoms with Gasteiger partial charge in [-0.05, 0) is 30.7 Å². The molecule has 3 rings (SSSR count). The number of alkyl halides is 3. The van der Waals surface area contributed by atoms with Crippen molar-refractivity contribution in [3.05, 3.63) is 33.7 Å². The number of piperidine rings is 1. The third-order valence-electron chi connectivity index (χ3n) is 5.17. The molecule has 28 heavy (non-hydrogen) atoms. The van der Waals surface area contributed by atoms with Gasteiger partial charge in [-0.3, -0.25) is 14.4 Å². The van der Waals surface area contributed by atoms with E-state index in [1.807, 2.05) is 11.2 Å². The molecule has 1 fully saturated rings. The zero-order valence-corrected chi connectivity index (χ0v) is 16.2. The summed E-state index contributed by atoms with van der Waals surface area (Å²) in [6.45, 7) is -0.0500. The molecule has 3 heterocycles. The smallest absolute Gasteiger partial charge is 0.343 e. The van der Waals surface area contributed by atoms with Gasteiger partial charge >= 0.3 is 6.18 Å². The molecule has 0 radical (unpaired) electrons. The van der Waals surface area contributed by atoms with Crippen LogP contribution in [0.15, 0.2) is 16.9 Å². The lowest BCUT2D eigenvalue weighted by Gasteiger charge is -2.43. The Balaban J connectivity index is 1.78. The van der Waals surface area contributed by atoms with E-state index in [1.54, 1.807) is 23.1 Å². The van der Waals surface area contributed by atoms with Crippen LogP contribution in [0.5, 0.6) is 0 Å². The number of aromatic nitrogens is 1. The fourth-order valence-electron chi connectivity index (χ4n) is 3.95. The summed E-state index contributed by atoms with van der Waals surface area (Å²) in [6, 6.07) is 2.91. The van der Waals surface area contributed by atoms with Crippen LogP contribution in [0.2, 0.25) is 0 Å². The van der Waals surface area contributed by atoms with Gasteiger partial charge in [0, 0.05) is 43.4 Å². The van der Waals surface area contributed by atoms with Crippen molar-refractivity contribution in [1.29, 1.82) is 0 Å². The number of likely N-dealkylation sites (tertiary alicyclic amines) is 1. The van der Waals surface area contributed by atoms with Gasteiger partial charge in [-0.15, -0.1) is 0 Å². The molecule has 0 saturated carbocycles. The molecule has 154 valence electrons. The van der Waals surface area contributed by atoms with Crippen molar-refractivity contribution in [3.63, 3.8) is 0 Å². The molecule has 0 aliphatic carbocycles. The monoisotopic (exact) mass is 417 g/mol. The summed E-state index contributed by atoms with van der Waals surface area (Å²) in [5.41, 5.74) is -0.133. The predicted molar refractivity (Wildman–Crippen MR) is 99.5 cm³/mol. The van der Waals surface area contributed by atoms with E-state index in [4.69, 9.17) is 0 Å². The van der Waals surface area contributed by atoms with E-state index in [2.05, 4.69) is 0 Å². The molecule has 10 heteroatoms. The molecule has 0 unspecified atom stereocenters. The topological polar surface area (TPSA) is 71.4 Å². The average Bonchev–Trinajstić information content (AvgIpc) is 2.64. The van der Waals surface area contributed by atoms with Gasteiger partial charge < -0.3 is 14.8 Å². The Kier molecular flexibility index (Phi) is 6.07. The standard InChI is InChI=1S/C18H22F3N3O3S/c1-28-5-4-15(25)23-7-11-6-12(9-23)14-3-2-13(17(27)24(14)8-11)16(26)22-10-18(19,20)21/h2-3,11-12H,4-10H2,1H3,(H,22,26)/t11-,12+/m0/s1. The minimum absolute atomic E-state index is 0.00860. The summed E-state index contributed by atoms with van der Waals surface area (Å²) in [5, 5.41) is 1.75. The lowest BCUT2D eigenvalue weighted by Crippen LogP contribution is -2.50. The van der Waals surface area contributed by atoms with Gasteiger partial charge in [-0.1, -0.05) is 0 Å². The molecule has 0 spiro atoms. The number of rotatable bonds is 5. The molecular formula is C18H22F3N3O3S. The van der Waals surface area contributed by atoms with Gasteiger partial charge in [-0.25, -0.2) is 0 Å².